The number of rotatable bonds is 4. The first kappa shape index (κ1) is 16.7. The zero-order valence-electron chi connectivity index (χ0n) is 12.4. The van der Waals surface area contributed by atoms with E-state index in [1.807, 2.05) is 0 Å². The smallest absolute Gasteiger partial charge is 0.308 e. The zero-order chi connectivity index (χ0) is 16.3. The van der Waals surface area contributed by atoms with Crippen molar-refractivity contribution in [1.29, 1.82) is 0 Å². The van der Waals surface area contributed by atoms with Gasteiger partial charge in [-0.15, -0.1) is 0 Å². The second-order valence-corrected chi connectivity index (χ2v) is 6.90. The Morgan fingerprint density at radius 2 is 1.91 bits per heavy atom. The molecular formula is C14H18FNO5S. The Morgan fingerprint density at radius 3 is 2.45 bits per heavy atom. The van der Waals surface area contributed by atoms with E-state index in [4.69, 9.17) is 4.74 Å². The molecule has 1 saturated heterocycles. The van der Waals surface area contributed by atoms with Crippen LogP contribution >= 0.6 is 0 Å². The molecule has 122 valence electrons. The van der Waals surface area contributed by atoms with Crippen LogP contribution < -0.4 is 4.74 Å². The highest BCUT2D eigenvalue weighted by Gasteiger charge is 2.34. The molecule has 2 rings (SSSR count). The van der Waals surface area contributed by atoms with Gasteiger partial charge in [0.15, 0.2) is 0 Å². The minimum Gasteiger partial charge on any atom is -0.495 e. The van der Waals surface area contributed by atoms with E-state index in [1.54, 1.807) is 0 Å². The van der Waals surface area contributed by atoms with E-state index in [2.05, 4.69) is 4.74 Å². The number of ether oxygens (including phenoxy) is 2. The molecule has 0 saturated carbocycles. The molecule has 0 unspecified atom stereocenters. The SMILES string of the molecule is COC(=O)C1CCN(S(=O)(=O)c2cc(F)ccc2OC)CC1. The summed E-state index contributed by atoms with van der Waals surface area (Å²) in [5.41, 5.74) is 0. The van der Waals surface area contributed by atoms with Gasteiger partial charge in [0.05, 0.1) is 20.1 Å². The fourth-order valence-electron chi connectivity index (χ4n) is 2.49. The number of halogens is 1. The average molecular weight is 331 g/mol. The van der Waals surface area contributed by atoms with Crippen molar-refractivity contribution in [3.63, 3.8) is 0 Å². The topological polar surface area (TPSA) is 72.9 Å². The normalized spacial score (nSPS) is 17.2. The molecular weight excluding hydrogens is 313 g/mol. The Hall–Kier alpha value is -1.67. The van der Waals surface area contributed by atoms with Crippen molar-refractivity contribution in [2.24, 2.45) is 5.92 Å². The van der Waals surface area contributed by atoms with Crippen LogP contribution in [-0.2, 0) is 19.6 Å². The maximum absolute atomic E-state index is 13.4. The molecule has 0 amide bonds. The van der Waals surface area contributed by atoms with Gasteiger partial charge in [-0.25, -0.2) is 12.8 Å². The van der Waals surface area contributed by atoms with Crippen LogP contribution in [-0.4, -0.2) is 46.0 Å². The summed E-state index contributed by atoms with van der Waals surface area (Å²) < 4.78 is 49.6. The van der Waals surface area contributed by atoms with Gasteiger partial charge in [0.2, 0.25) is 10.0 Å². The van der Waals surface area contributed by atoms with Gasteiger partial charge in [-0.2, -0.15) is 4.31 Å². The molecule has 6 nitrogen and oxygen atoms in total. The molecule has 0 radical (unpaired) electrons. The molecule has 0 aromatic heterocycles. The van der Waals surface area contributed by atoms with Crippen LogP contribution in [0.15, 0.2) is 23.1 Å². The number of hydrogen-bond donors (Lipinski definition) is 0. The second kappa shape index (κ2) is 6.62. The van der Waals surface area contributed by atoms with Crippen molar-refractivity contribution in [1.82, 2.24) is 4.31 Å². The first-order valence-corrected chi connectivity index (χ1v) is 8.25. The number of carbonyl (C=O) groups is 1. The molecule has 1 aliphatic heterocycles. The Bertz CT molecular complexity index is 653. The van der Waals surface area contributed by atoms with E-state index >= 15 is 0 Å². The van der Waals surface area contributed by atoms with Crippen LogP contribution in [0.1, 0.15) is 12.8 Å². The summed E-state index contributed by atoms with van der Waals surface area (Å²) in [4.78, 5) is 11.3. The van der Waals surface area contributed by atoms with Crippen molar-refractivity contribution in [2.75, 3.05) is 27.3 Å². The van der Waals surface area contributed by atoms with Crippen LogP contribution in [0, 0.1) is 11.7 Å². The van der Waals surface area contributed by atoms with E-state index in [9.17, 15) is 17.6 Å². The highest BCUT2D eigenvalue weighted by molar-refractivity contribution is 7.89. The molecule has 0 bridgehead atoms. The molecule has 0 atom stereocenters. The summed E-state index contributed by atoms with van der Waals surface area (Å²) in [6.07, 6.45) is 0.757. The van der Waals surface area contributed by atoms with Crippen LogP contribution in [0.2, 0.25) is 0 Å². The van der Waals surface area contributed by atoms with Crippen LogP contribution in [0.4, 0.5) is 4.39 Å². The number of benzene rings is 1. The maximum atomic E-state index is 13.4. The van der Waals surface area contributed by atoms with Gasteiger partial charge in [0, 0.05) is 13.1 Å². The highest BCUT2D eigenvalue weighted by atomic mass is 32.2. The lowest BCUT2D eigenvalue weighted by Gasteiger charge is -2.30. The molecule has 1 aromatic rings. The van der Waals surface area contributed by atoms with Crippen LogP contribution in [0.25, 0.3) is 0 Å². The predicted octanol–water partition coefficient (Wildman–Crippen LogP) is 1.41. The van der Waals surface area contributed by atoms with Crippen molar-refractivity contribution in [3.05, 3.63) is 24.0 Å². The Labute approximate surface area is 128 Å². The van der Waals surface area contributed by atoms with Crippen molar-refractivity contribution in [2.45, 2.75) is 17.7 Å². The summed E-state index contributed by atoms with van der Waals surface area (Å²) in [7, 11) is -1.23. The largest absolute Gasteiger partial charge is 0.495 e. The Kier molecular flexibility index (Phi) is 5.02. The lowest BCUT2D eigenvalue weighted by molar-refractivity contribution is -0.146. The third-order valence-corrected chi connectivity index (χ3v) is 5.65. The minimum atomic E-state index is -3.87. The summed E-state index contributed by atoms with van der Waals surface area (Å²) >= 11 is 0. The summed E-state index contributed by atoms with van der Waals surface area (Å²) in [6.45, 7) is 0.365. The molecule has 22 heavy (non-hydrogen) atoms. The van der Waals surface area contributed by atoms with Gasteiger partial charge in [-0.1, -0.05) is 0 Å². The van der Waals surface area contributed by atoms with Gasteiger partial charge in [0.1, 0.15) is 16.5 Å². The average Bonchev–Trinajstić information content (AvgIpc) is 2.54. The molecule has 1 fully saturated rings. The molecule has 1 aromatic carbocycles. The number of nitrogens with zero attached hydrogens (tertiary/aromatic N) is 1. The quantitative estimate of drug-likeness (QED) is 0.780. The van der Waals surface area contributed by atoms with E-state index in [-0.39, 0.29) is 35.6 Å². The monoisotopic (exact) mass is 331 g/mol. The van der Waals surface area contributed by atoms with Gasteiger partial charge < -0.3 is 9.47 Å². The molecule has 8 heteroatoms. The van der Waals surface area contributed by atoms with E-state index < -0.39 is 15.8 Å². The minimum absolute atomic E-state index is 0.0940. The Morgan fingerprint density at radius 1 is 1.27 bits per heavy atom. The molecule has 0 aliphatic carbocycles. The number of hydrogen-bond acceptors (Lipinski definition) is 5. The molecule has 0 spiro atoms. The number of methoxy groups -OCH3 is 2. The van der Waals surface area contributed by atoms with Gasteiger partial charge >= 0.3 is 5.97 Å². The third kappa shape index (κ3) is 3.22. The van der Waals surface area contributed by atoms with Crippen LogP contribution in [0.5, 0.6) is 5.75 Å². The Balaban J connectivity index is 2.22. The van der Waals surface area contributed by atoms with Crippen LogP contribution in [0.3, 0.4) is 0 Å². The predicted molar refractivity (Wildman–Crippen MR) is 76.5 cm³/mol. The highest BCUT2D eigenvalue weighted by Crippen LogP contribution is 2.30. The lowest BCUT2D eigenvalue weighted by atomic mass is 9.99. The van der Waals surface area contributed by atoms with E-state index in [0.717, 1.165) is 12.1 Å². The van der Waals surface area contributed by atoms with Gasteiger partial charge in [0.25, 0.3) is 0 Å². The van der Waals surface area contributed by atoms with Crippen molar-refractivity contribution >= 4 is 16.0 Å². The number of sulfonamides is 1. The summed E-state index contributed by atoms with van der Waals surface area (Å²) in [5.74, 6) is -1.19. The summed E-state index contributed by atoms with van der Waals surface area (Å²) in [5, 5.41) is 0. The zero-order valence-corrected chi connectivity index (χ0v) is 13.2. The van der Waals surface area contributed by atoms with E-state index in [1.165, 1.54) is 24.6 Å². The third-order valence-electron chi connectivity index (χ3n) is 3.73. The number of esters is 1. The summed E-state index contributed by atoms with van der Waals surface area (Å²) in [6, 6.07) is 3.37. The first-order chi connectivity index (χ1) is 10.4. The van der Waals surface area contributed by atoms with Crippen molar-refractivity contribution < 1.29 is 27.1 Å². The molecule has 1 heterocycles. The van der Waals surface area contributed by atoms with Crippen molar-refractivity contribution in [3.8, 4) is 5.75 Å². The fraction of sp³-hybridized carbons (Fsp3) is 0.500. The van der Waals surface area contributed by atoms with Gasteiger partial charge in [-0.3, -0.25) is 4.79 Å². The van der Waals surface area contributed by atoms with E-state index in [0.29, 0.717) is 12.8 Å². The standard InChI is InChI=1S/C14H18FNO5S/c1-20-12-4-3-11(15)9-13(12)22(18,19)16-7-5-10(6-8-16)14(17)21-2/h3-4,9-10H,5-8H2,1-2H3. The number of piperidine rings is 1. The molecule has 0 N–H and O–H groups in total. The maximum Gasteiger partial charge on any atom is 0.308 e. The van der Waals surface area contributed by atoms with Gasteiger partial charge in [-0.05, 0) is 31.0 Å². The number of carbonyl (C=O) groups excluding carboxylic acids is 1. The first-order valence-electron chi connectivity index (χ1n) is 6.81. The lowest BCUT2D eigenvalue weighted by Crippen LogP contribution is -2.40. The molecule has 1 aliphatic rings. The fourth-order valence-corrected chi connectivity index (χ4v) is 4.13. The second-order valence-electron chi connectivity index (χ2n) is 5.00.